The third-order valence-electron chi connectivity index (χ3n) is 11.6. The van der Waals surface area contributed by atoms with Crippen LogP contribution < -0.4 is 5.32 Å². The number of nitrogens with one attached hydrogen (secondary N) is 1. The van der Waals surface area contributed by atoms with Crippen LogP contribution >= 0.6 is 0 Å². The van der Waals surface area contributed by atoms with Gasteiger partial charge in [0, 0.05) is 6.42 Å². The lowest BCUT2D eigenvalue weighted by atomic mass is 9.97. The van der Waals surface area contributed by atoms with Crippen molar-refractivity contribution < 1.29 is 64.6 Å². The van der Waals surface area contributed by atoms with E-state index in [1.165, 1.54) is 89.9 Å². The van der Waals surface area contributed by atoms with Gasteiger partial charge in [-0.15, -0.1) is 0 Å². The van der Waals surface area contributed by atoms with E-state index in [9.17, 15) is 45.6 Å². The number of amides is 1. The standard InChI is InChI=1S/C43H83NO13/c1-3-5-7-9-10-11-12-13-14-15-16-17-18-19-20-21-23-25-27-35(48)44-31(32(47)26-24-22-8-6-4-2)30-54-42-40(53)38(51)41(34(29-46)56-42)57-43-39(52)37(50)36(49)33(28-45)55-43/h31-34,36-43,45-47,49-53H,3-30H2,1-2H3,(H,44,48). The Bertz CT molecular complexity index is 977. The Balaban J connectivity index is 1.76. The number of carbonyl (C=O) groups is 1. The summed E-state index contributed by atoms with van der Waals surface area (Å²) in [6.45, 7) is 2.75. The molecule has 14 heteroatoms. The molecule has 0 aromatic rings. The molecule has 0 bridgehead atoms. The molecule has 2 saturated heterocycles. The zero-order valence-corrected chi connectivity index (χ0v) is 35.3. The van der Waals surface area contributed by atoms with Gasteiger partial charge in [-0.25, -0.2) is 0 Å². The molecule has 2 aliphatic rings. The maximum atomic E-state index is 13.0. The van der Waals surface area contributed by atoms with E-state index in [1.807, 2.05) is 0 Å². The summed E-state index contributed by atoms with van der Waals surface area (Å²) >= 11 is 0. The Labute approximate surface area is 343 Å². The summed E-state index contributed by atoms with van der Waals surface area (Å²) in [5.41, 5.74) is 0. The number of ether oxygens (including phenoxy) is 4. The highest BCUT2D eigenvalue weighted by atomic mass is 16.7. The Morgan fingerprint density at radius 2 is 1.00 bits per heavy atom. The molecule has 2 fully saturated rings. The molecule has 12 unspecified atom stereocenters. The maximum absolute atomic E-state index is 13.0. The van der Waals surface area contributed by atoms with Crippen molar-refractivity contribution >= 4 is 5.91 Å². The predicted octanol–water partition coefficient (Wildman–Crippen LogP) is 4.27. The van der Waals surface area contributed by atoms with E-state index in [2.05, 4.69) is 19.2 Å². The largest absolute Gasteiger partial charge is 0.394 e. The minimum Gasteiger partial charge on any atom is -0.394 e. The van der Waals surface area contributed by atoms with Crippen molar-refractivity contribution in [2.24, 2.45) is 0 Å². The lowest BCUT2D eigenvalue weighted by Crippen LogP contribution is -2.65. The van der Waals surface area contributed by atoms with Crippen LogP contribution in [0.25, 0.3) is 0 Å². The summed E-state index contributed by atoms with van der Waals surface area (Å²) in [5, 5.41) is 86.1. The van der Waals surface area contributed by atoms with Gasteiger partial charge in [0.1, 0.15) is 48.8 Å². The van der Waals surface area contributed by atoms with Gasteiger partial charge in [0.15, 0.2) is 12.6 Å². The van der Waals surface area contributed by atoms with Gasteiger partial charge < -0.3 is 65.1 Å². The van der Waals surface area contributed by atoms with Crippen molar-refractivity contribution in [3.8, 4) is 0 Å². The van der Waals surface area contributed by atoms with Gasteiger partial charge in [0.05, 0.1) is 32.0 Å². The minimum atomic E-state index is -1.78. The summed E-state index contributed by atoms with van der Waals surface area (Å²) in [4.78, 5) is 13.0. The lowest BCUT2D eigenvalue weighted by molar-refractivity contribution is -0.359. The van der Waals surface area contributed by atoms with Crippen LogP contribution in [0.5, 0.6) is 0 Å². The number of carbonyl (C=O) groups excluding carboxylic acids is 1. The second kappa shape index (κ2) is 31.8. The first-order chi connectivity index (χ1) is 27.6. The molecule has 0 aromatic carbocycles. The molecule has 0 saturated carbocycles. The van der Waals surface area contributed by atoms with E-state index < -0.39 is 86.8 Å². The van der Waals surface area contributed by atoms with E-state index in [0.29, 0.717) is 12.8 Å². The fraction of sp³-hybridized carbons (Fsp3) is 0.977. The zero-order valence-electron chi connectivity index (χ0n) is 35.3. The highest BCUT2D eigenvalue weighted by Crippen LogP contribution is 2.30. The van der Waals surface area contributed by atoms with Gasteiger partial charge in [-0.05, 0) is 12.8 Å². The van der Waals surface area contributed by atoms with Crippen molar-refractivity contribution in [3.63, 3.8) is 0 Å². The maximum Gasteiger partial charge on any atom is 0.220 e. The SMILES string of the molecule is CCCCCCCCCCCCCCCCCCCCC(=O)NC(COC1OC(CO)C(OC2OC(CO)C(O)C(O)C2O)C(O)C1O)C(O)CCCCCCC. The third kappa shape index (κ3) is 20.4. The second-order valence-corrected chi connectivity index (χ2v) is 16.5. The number of hydrogen-bond donors (Lipinski definition) is 9. The van der Waals surface area contributed by atoms with Gasteiger partial charge in [0.2, 0.25) is 5.91 Å². The van der Waals surface area contributed by atoms with Crippen LogP contribution in [0.1, 0.15) is 174 Å². The molecule has 9 N–H and O–H groups in total. The number of rotatable bonds is 34. The number of unbranched alkanes of at least 4 members (excludes halogenated alkanes) is 21. The molecule has 2 aliphatic heterocycles. The van der Waals surface area contributed by atoms with Crippen LogP contribution in [0, 0.1) is 0 Å². The summed E-state index contributed by atoms with van der Waals surface area (Å²) in [6, 6.07) is -0.817. The van der Waals surface area contributed by atoms with Crippen LogP contribution in [-0.4, -0.2) is 140 Å². The number of aliphatic hydroxyl groups excluding tert-OH is 8. The van der Waals surface area contributed by atoms with Crippen molar-refractivity contribution in [2.75, 3.05) is 19.8 Å². The van der Waals surface area contributed by atoms with E-state index in [1.54, 1.807) is 0 Å². The third-order valence-corrected chi connectivity index (χ3v) is 11.6. The van der Waals surface area contributed by atoms with Crippen LogP contribution in [0.15, 0.2) is 0 Å². The molecule has 0 spiro atoms. The van der Waals surface area contributed by atoms with Crippen LogP contribution in [0.3, 0.4) is 0 Å². The predicted molar refractivity (Wildman–Crippen MR) is 217 cm³/mol. The molecule has 0 aliphatic carbocycles. The number of aliphatic hydroxyl groups is 8. The average molecular weight is 822 g/mol. The molecule has 2 rings (SSSR count). The van der Waals surface area contributed by atoms with Crippen molar-refractivity contribution in [2.45, 2.75) is 248 Å². The first kappa shape index (κ1) is 52.1. The quantitative estimate of drug-likeness (QED) is 0.0414. The Hall–Kier alpha value is -1.01. The van der Waals surface area contributed by atoms with Crippen molar-refractivity contribution in [1.82, 2.24) is 5.32 Å². The van der Waals surface area contributed by atoms with E-state index in [4.69, 9.17) is 18.9 Å². The van der Waals surface area contributed by atoms with Gasteiger partial charge in [-0.1, -0.05) is 155 Å². The van der Waals surface area contributed by atoms with Crippen molar-refractivity contribution in [3.05, 3.63) is 0 Å². The molecule has 12 atom stereocenters. The smallest absolute Gasteiger partial charge is 0.220 e. The molecule has 0 aromatic heterocycles. The Morgan fingerprint density at radius 3 is 1.49 bits per heavy atom. The Kier molecular flexibility index (Phi) is 29.1. The molecular weight excluding hydrogens is 738 g/mol. The molecule has 14 nitrogen and oxygen atoms in total. The van der Waals surface area contributed by atoms with Gasteiger partial charge in [-0.2, -0.15) is 0 Å². The Morgan fingerprint density at radius 1 is 0.561 bits per heavy atom. The fourth-order valence-electron chi connectivity index (χ4n) is 7.76. The summed E-state index contributed by atoms with van der Waals surface area (Å²) in [7, 11) is 0. The monoisotopic (exact) mass is 822 g/mol. The summed E-state index contributed by atoms with van der Waals surface area (Å²) < 4.78 is 22.6. The fourth-order valence-corrected chi connectivity index (χ4v) is 7.76. The molecule has 0 radical (unpaired) electrons. The normalized spacial score (nSPS) is 29.0. The molecular formula is C43H83NO13. The zero-order chi connectivity index (χ0) is 41.8. The highest BCUT2D eigenvalue weighted by molar-refractivity contribution is 5.76. The first-order valence-corrected chi connectivity index (χ1v) is 22.8. The van der Waals surface area contributed by atoms with Crippen LogP contribution in [0.2, 0.25) is 0 Å². The summed E-state index contributed by atoms with van der Waals surface area (Å²) in [6.07, 6.45) is 11.7. The topological polar surface area (TPSA) is 228 Å². The second-order valence-electron chi connectivity index (χ2n) is 16.5. The highest BCUT2D eigenvalue weighted by Gasteiger charge is 2.51. The number of hydrogen-bond acceptors (Lipinski definition) is 13. The first-order valence-electron chi connectivity index (χ1n) is 22.8. The summed E-state index contributed by atoms with van der Waals surface area (Å²) in [5.74, 6) is -0.212. The lowest BCUT2D eigenvalue weighted by Gasteiger charge is -2.46. The van der Waals surface area contributed by atoms with E-state index in [-0.39, 0.29) is 12.5 Å². The van der Waals surface area contributed by atoms with Crippen molar-refractivity contribution in [1.29, 1.82) is 0 Å². The minimum absolute atomic E-state index is 0.212. The molecule has 57 heavy (non-hydrogen) atoms. The van der Waals surface area contributed by atoms with Gasteiger partial charge in [0.25, 0.3) is 0 Å². The molecule has 338 valence electrons. The van der Waals surface area contributed by atoms with Gasteiger partial charge in [-0.3, -0.25) is 4.79 Å². The average Bonchev–Trinajstić information content (AvgIpc) is 3.21. The molecule has 1 amide bonds. The van der Waals surface area contributed by atoms with Gasteiger partial charge >= 0.3 is 0 Å². The van der Waals surface area contributed by atoms with Crippen LogP contribution in [-0.2, 0) is 23.7 Å². The van der Waals surface area contributed by atoms with E-state index in [0.717, 1.165) is 57.8 Å². The van der Waals surface area contributed by atoms with E-state index >= 15 is 0 Å². The van der Waals surface area contributed by atoms with Crippen LogP contribution in [0.4, 0.5) is 0 Å². The molecule has 2 heterocycles.